The van der Waals surface area contributed by atoms with Crippen LogP contribution in [-0.2, 0) is 11.2 Å². The molecule has 1 unspecified atom stereocenters. The molecule has 11 heteroatoms. The Bertz CT molecular complexity index is 977. The number of nitrogens with zero attached hydrogens (tertiary/aromatic N) is 3. The fourth-order valence-electron chi connectivity index (χ4n) is 2.82. The second-order valence-electron chi connectivity index (χ2n) is 6.35. The molecular weight excluding hydrogens is 459 g/mol. The lowest BCUT2D eigenvalue weighted by Gasteiger charge is -2.32. The molecule has 0 aromatic heterocycles. The third kappa shape index (κ3) is 4.15. The highest BCUT2D eigenvalue weighted by Crippen LogP contribution is 2.41. The average Bonchev–Trinajstić information content (AvgIpc) is 3.02. The van der Waals surface area contributed by atoms with Gasteiger partial charge >= 0.3 is 6.18 Å². The number of rotatable bonds is 4. The van der Waals surface area contributed by atoms with Crippen molar-refractivity contribution in [3.8, 4) is 0 Å². The van der Waals surface area contributed by atoms with Gasteiger partial charge in [-0.25, -0.2) is 0 Å². The van der Waals surface area contributed by atoms with Crippen molar-refractivity contribution in [2.75, 3.05) is 0 Å². The highest BCUT2D eigenvalue weighted by Gasteiger charge is 2.63. The summed E-state index contributed by atoms with van der Waals surface area (Å²) in [5, 5.41) is 24.8. The Morgan fingerprint density at radius 3 is 2.31 bits per heavy atom. The molecule has 1 aliphatic heterocycles. The number of nitro benzene ring substituents is 1. The Hall–Kier alpha value is -2.79. The van der Waals surface area contributed by atoms with Crippen LogP contribution in [0.25, 0.3) is 0 Å². The second kappa shape index (κ2) is 7.56. The van der Waals surface area contributed by atoms with Crippen molar-refractivity contribution in [1.29, 1.82) is 0 Å². The van der Waals surface area contributed by atoms with Crippen molar-refractivity contribution in [1.82, 2.24) is 5.01 Å². The molecule has 1 amide bonds. The molecule has 2 aromatic rings. The first-order chi connectivity index (χ1) is 13.5. The zero-order chi connectivity index (χ0) is 21.4. The lowest BCUT2D eigenvalue weighted by atomic mass is 10.0. The standard InChI is InChI=1S/C18H13BrF3N3O4/c19-13-5-3-12(4-6-13)15-10-17(27,18(20,21)22)24(23-15)16(26)9-11-1-7-14(8-2-11)25(28)29/h1-8,27H,9-10H2. The summed E-state index contributed by atoms with van der Waals surface area (Å²) in [5.41, 5.74) is -3.20. The van der Waals surface area contributed by atoms with E-state index >= 15 is 0 Å². The lowest BCUT2D eigenvalue weighted by molar-refractivity contribution is -0.384. The minimum absolute atomic E-state index is 0.0474. The fraction of sp³-hybridized carbons (Fsp3) is 0.222. The SMILES string of the molecule is O=C(Cc1ccc([N+](=O)[O-])cc1)N1N=C(c2ccc(Br)cc2)CC1(O)C(F)(F)F. The monoisotopic (exact) mass is 471 g/mol. The van der Waals surface area contributed by atoms with Crippen LogP contribution in [0.1, 0.15) is 17.5 Å². The van der Waals surface area contributed by atoms with E-state index < -0.39 is 35.6 Å². The number of hydrazone groups is 1. The van der Waals surface area contributed by atoms with E-state index in [1.54, 1.807) is 12.1 Å². The Balaban J connectivity index is 1.90. The summed E-state index contributed by atoms with van der Waals surface area (Å²) in [6.07, 6.45) is -6.57. The molecule has 0 bridgehead atoms. The molecular formula is C18H13BrF3N3O4. The first-order valence-corrected chi connectivity index (χ1v) is 8.99. The molecule has 29 heavy (non-hydrogen) atoms. The van der Waals surface area contributed by atoms with Gasteiger partial charge < -0.3 is 5.11 Å². The maximum absolute atomic E-state index is 13.6. The van der Waals surface area contributed by atoms with E-state index in [1.165, 1.54) is 24.3 Å². The predicted octanol–water partition coefficient (Wildman–Crippen LogP) is 3.79. The Labute approximate surface area is 170 Å². The molecule has 1 aliphatic rings. The van der Waals surface area contributed by atoms with Gasteiger partial charge in [-0.15, -0.1) is 0 Å². The molecule has 1 heterocycles. The number of nitro groups is 1. The van der Waals surface area contributed by atoms with Crippen LogP contribution in [0.2, 0.25) is 0 Å². The van der Waals surface area contributed by atoms with Gasteiger partial charge in [-0.2, -0.15) is 23.3 Å². The third-order valence-corrected chi connectivity index (χ3v) is 4.88. The fourth-order valence-corrected chi connectivity index (χ4v) is 3.08. The predicted molar refractivity (Wildman–Crippen MR) is 99.9 cm³/mol. The number of hydrogen-bond acceptors (Lipinski definition) is 5. The average molecular weight is 472 g/mol. The normalized spacial score (nSPS) is 19.2. The van der Waals surface area contributed by atoms with Crippen molar-refractivity contribution in [3.05, 3.63) is 74.2 Å². The van der Waals surface area contributed by atoms with Gasteiger partial charge in [0.05, 0.1) is 23.5 Å². The van der Waals surface area contributed by atoms with Crippen LogP contribution in [0, 0.1) is 10.1 Å². The summed E-state index contributed by atoms with van der Waals surface area (Å²) < 4.78 is 41.5. The van der Waals surface area contributed by atoms with E-state index in [1.807, 2.05) is 0 Å². The van der Waals surface area contributed by atoms with Crippen molar-refractivity contribution < 1.29 is 28.0 Å². The van der Waals surface area contributed by atoms with Crippen molar-refractivity contribution in [3.63, 3.8) is 0 Å². The van der Waals surface area contributed by atoms with Crippen LogP contribution in [0.4, 0.5) is 18.9 Å². The third-order valence-electron chi connectivity index (χ3n) is 4.36. The smallest absolute Gasteiger partial charge is 0.362 e. The number of non-ortho nitro benzene ring substituents is 1. The van der Waals surface area contributed by atoms with E-state index in [4.69, 9.17) is 0 Å². The number of carbonyl (C=O) groups excluding carboxylic acids is 1. The minimum atomic E-state index is -5.14. The zero-order valence-corrected chi connectivity index (χ0v) is 16.1. The summed E-state index contributed by atoms with van der Waals surface area (Å²) in [5.74, 6) is -1.09. The van der Waals surface area contributed by atoms with Gasteiger partial charge in [-0.05, 0) is 23.3 Å². The molecule has 0 saturated heterocycles. The van der Waals surface area contributed by atoms with Gasteiger partial charge in [0.1, 0.15) is 0 Å². The molecule has 0 fully saturated rings. The second-order valence-corrected chi connectivity index (χ2v) is 7.27. The first-order valence-electron chi connectivity index (χ1n) is 8.20. The summed E-state index contributed by atoms with van der Waals surface area (Å²) in [7, 11) is 0. The molecule has 2 aromatic carbocycles. The number of benzene rings is 2. The molecule has 1 N–H and O–H groups in total. The Morgan fingerprint density at radius 2 is 1.79 bits per heavy atom. The number of alkyl halides is 3. The molecule has 152 valence electrons. The maximum atomic E-state index is 13.6. The maximum Gasteiger partial charge on any atom is 0.438 e. The highest BCUT2D eigenvalue weighted by molar-refractivity contribution is 9.10. The molecule has 0 saturated carbocycles. The summed E-state index contributed by atoms with van der Waals surface area (Å²) in [4.78, 5) is 22.6. The van der Waals surface area contributed by atoms with Crippen LogP contribution in [0.15, 0.2) is 58.1 Å². The molecule has 0 radical (unpaired) electrons. The van der Waals surface area contributed by atoms with Gasteiger partial charge in [0.25, 0.3) is 11.4 Å². The summed E-state index contributed by atoms with van der Waals surface area (Å²) in [6.45, 7) is 0. The lowest BCUT2D eigenvalue weighted by Crippen LogP contribution is -2.57. The number of halogens is 4. The van der Waals surface area contributed by atoms with Crippen LogP contribution < -0.4 is 0 Å². The Morgan fingerprint density at radius 1 is 1.21 bits per heavy atom. The number of aliphatic hydroxyl groups is 1. The van der Waals surface area contributed by atoms with Gasteiger partial charge in [-0.3, -0.25) is 14.9 Å². The molecule has 0 spiro atoms. The molecule has 3 rings (SSSR count). The van der Waals surface area contributed by atoms with Crippen molar-refractivity contribution in [2.24, 2.45) is 5.10 Å². The van der Waals surface area contributed by atoms with Crippen LogP contribution in [0.5, 0.6) is 0 Å². The van der Waals surface area contributed by atoms with E-state index in [0.29, 0.717) is 10.0 Å². The van der Waals surface area contributed by atoms with Crippen molar-refractivity contribution in [2.45, 2.75) is 24.7 Å². The van der Waals surface area contributed by atoms with Gasteiger partial charge in [0.15, 0.2) is 0 Å². The summed E-state index contributed by atoms with van der Waals surface area (Å²) >= 11 is 3.22. The highest BCUT2D eigenvalue weighted by atomic mass is 79.9. The van der Waals surface area contributed by atoms with E-state index in [9.17, 15) is 33.2 Å². The van der Waals surface area contributed by atoms with Gasteiger partial charge in [0.2, 0.25) is 5.91 Å². The number of amides is 1. The molecule has 0 aliphatic carbocycles. The van der Waals surface area contributed by atoms with Crippen molar-refractivity contribution >= 4 is 33.2 Å². The topological polar surface area (TPSA) is 96.0 Å². The van der Waals surface area contributed by atoms with Crippen LogP contribution >= 0.6 is 15.9 Å². The van der Waals surface area contributed by atoms with Crippen LogP contribution in [-0.4, -0.2) is 38.6 Å². The zero-order valence-electron chi connectivity index (χ0n) is 14.6. The van der Waals surface area contributed by atoms with E-state index in [2.05, 4.69) is 21.0 Å². The largest absolute Gasteiger partial charge is 0.438 e. The molecule has 1 atom stereocenters. The number of carbonyl (C=O) groups is 1. The summed E-state index contributed by atoms with van der Waals surface area (Å²) in [6, 6.07) is 11.0. The van der Waals surface area contributed by atoms with E-state index in [0.717, 1.165) is 12.1 Å². The van der Waals surface area contributed by atoms with Gasteiger partial charge in [0, 0.05) is 16.6 Å². The minimum Gasteiger partial charge on any atom is -0.362 e. The number of hydrogen-bond donors (Lipinski definition) is 1. The van der Waals surface area contributed by atoms with Gasteiger partial charge in [-0.1, -0.05) is 40.2 Å². The first kappa shape index (κ1) is 20.9. The quantitative estimate of drug-likeness (QED) is 0.541. The van der Waals surface area contributed by atoms with Crippen LogP contribution in [0.3, 0.4) is 0 Å². The van der Waals surface area contributed by atoms with E-state index in [-0.39, 0.29) is 22.0 Å². The Kier molecular flexibility index (Phi) is 5.46. The molecule has 7 nitrogen and oxygen atoms in total.